The van der Waals surface area contributed by atoms with E-state index in [4.69, 9.17) is 4.74 Å². The van der Waals surface area contributed by atoms with Crippen molar-refractivity contribution in [1.82, 2.24) is 4.98 Å². The first kappa shape index (κ1) is 17.0. The van der Waals surface area contributed by atoms with Crippen molar-refractivity contribution in [3.63, 3.8) is 0 Å². The molecule has 0 aliphatic rings. The molecular weight excluding hydrogens is 329 g/mol. The number of rotatable bonds is 6. The maximum Gasteiger partial charge on any atom is 0.416 e. The van der Waals surface area contributed by atoms with Gasteiger partial charge in [-0.2, -0.15) is 13.2 Å². The van der Waals surface area contributed by atoms with Crippen molar-refractivity contribution in [2.75, 3.05) is 11.9 Å². The van der Waals surface area contributed by atoms with Crippen LogP contribution in [0.2, 0.25) is 0 Å². The number of nitrogens with one attached hydrogen (secondary N) is 1. The van der Waals surface area contributed by atoms with E-state index in [0.29, 0.717) is 11.7 Å². The smallest absolute Gasteiger partial charge is 0.416 e. The van der Waals surface area contributed by atoms with Crippen molar-refractivity contribution in [1.29, 1.82) is 0 Å². The molecule has 0 saturated heterocycles. The summed E-state index contributed by atoms with van der Waals surface area (Å²) in [5.74, 6) is -0.773. The van der Waals surface area contributed by atoms with Crippen LogP contribution in [0.15, 0.2) is 42.3 Å². The molecule has 1 heterocycles. The van der Waals surface area contributed by atoms with Crippen LogP contribution in [0, 0.1) is 0 Å². The van der Waals surface area contributed by atoms with Crippen molar-refractivity contribution < 1.29 is 22.7 Å². The second-order valence-corrected chi connectivity index (χ2v) is 5.30. The highest BCUT2D eigenvalue weighted by molar-refractivity contribution is 7.13. The predicted molar refractivity (Wildman–Crippen MR) is 81.4 cm³/mol. The molecule has 1 aromatic carbocycles. The third kappa shape index (κ3) is 4.56. The fraction of sp³-hybridized carbons (Fsp3) is 0.200. The van der Waals surface area contributed by atoms with Gasteiger partial charge in [0.1, 0.15) is 6.61 Å². The zero-order valence-electron chi connectivity index (χ0n) is 11.9. The minimum Gasteiger partial charge on any atom is -0.456 e. The van der Waals surface area contributed by atoms with E-state index >= 15 is 0 Å². The molecule has 0 saturated carbocycles. The van der Waals surface area contributed by atoms with Gasteiger partial charge in [0.05, 0.1) is 5.56 Å². The topological polar surface area (TPSA) is 51.2 Å². The normalized spacial score (nSPS) is 11.1. The highest BCUT2D eigenvalue weighted by Gasteiger charge is 2.33. The molecule has 0 radical (unpaired) electrons. The number of hydrogen-bond donors (Lipinski definition) is 1. The summed E-state index contributed by atoms with van der Waals surface area (Å²) in [6, 6.07) is 4.96. The minimum absolute atomic E-state index is 0.0473. The molecule has 1 aromatic heterocycles. The highest BCUT2D eigenvalue weighted by Crippen LogP contribution is 2.32. The van der Waals surface area contributed by atoms with E-state index in [2.05, 4.69) is 16.9 Å². The van der Waals surface area contributed by atoms with Crippen LogP contribution >= 0.6 is 11.3 Å². The number of benzene rings is 1. The monoisotopic (exact) mass is 342 g/mol. The first-order valence-corrected chi connectivity index (χ1v) is 7.42. The van der Waals surface area contributed by atoms with Crippen molar-refractivity contribution >= 4 is 22.4 Å². The molecular formula is C15H13F3N2O2S. The average molecular weight is 342 g/mol. The lowest BCUT2D eigenvalue weighted by Gasteiger charge is -2.12. The molecule has 4 nitrogen and oxygen atoms in total. The molecule has 0 amide bonds. The molecule has 0 aliphatic heterocycles. The number of alkyl halides is 3. The first-order chi connectivity index (χ1) is 10.9. The maximum atomic E-state index is 12.8. The van der Waals surface area contributed by atoms with Gasteiger partial charge in [0.15, 0.2) is 10.8 Å². The summed E-state index contributed by atoms with van der Waals surface area (Å²) in [6.07, 6.45) is -2.86. The van der Waals surface area contributed by atoms with Gasteiger partial charge in [0.25, 0.3) is 0 Å². The maximum absolute atomic E-state index is 12.8. The molecule has 2 rings (SSSR count). The predicted octanol–water partition coefficient (Wildman–Crippen LogP) is 4.12. The van der Waals surface area contributed by atoms with Crippen LogP contribution < -0.4 is 5.32 Å². The number of carbonyl (C=O) groups is 1. The van der Waals surface area contributed by atoms with E-state index in [1.165, 1.54) is 34.9 Å². The van der Waals surface area contributed by atoms with Gasteiger partial charge in [-0.05, 0) is 6.07 Å². The number of nitrogens with zero attached hydrogens (tertiary/aromatic N) is 1. The average Bonchev–Trinajstić information content (AvgIpc) is 2.99. The molecule has 0 aliphatic carbocycles. The Kier molecular flexibility index (Phi) is 5.38. The van der Waals surface area contributed by atoms with Gasteiger partial charge in [0, 0.05) is 17.5 Å². The van der Waals surface area contributed by atoms with E-state index in [0.717, 1.165) is 6.07 Å². The summed E-state index contributed by atoms with van der Waals surface area (Å²) in [6.45, 7) is 3.56. The number of anilines is 1. The number of aromatic nitrogens is 1. The first-order valence-electron chi connectivity index (χ1n) is 6.54. The van der Waals surface area contributed by atoms with Crippen LogP contribution in [0.25, 0.3) is 0 Å². The van der Waals surface area contributed by atoms with Crippen molar-refractivity contribution in [3.8, 4) is 0 Å². The van der Waals surface area contributed by atoms with E-state index < -0.39 is 24.3 Å². The van der Waals surface area contributed by atoms with Gasteiger partial charge in [-0.1, -0.05) is 24.3 Å². The lowest BCUT2D eigenvalue weighted by atomic mass is 10.1. The lowest BCUT2D eigenvalue weighted by Crippen LogP contribution is -2.12. The standard InChI is InChI=1S/C15H13F3N2O2S/c1-2-7-19-14-20-12(9-23-14)13(21)22-8-10-5-3-4-6-11(10)15(16,17)18/h2-6,9H,1,7-8H2,(H,19,20). The fourth-order valence-electron chi connectivity index (χ4n) is 1.75. The summed E-state index contributed by atoms with van der Waals surface area (Å²) in [4.78, 5) is 15.9. The summed E-state index contributed by atoms with van der Waals surface area (Å²) in [7, 11) is 0. The van der Waals surface area contributed by atoms with Crippen LogP contribution in [0.5, 0.6) is 0 Å². The summed E-state index contributed by atoms with van der Waals surface area (Å²) in [5, 5.41) is 4.89. The quantitative estimate of drug-likeness (QED) is 0.634. The number of thiazole rings is 1. The summed E-state index contributed by atoms with van der Waals surface area (Å²) < 4.78 is 43.5. The SMILES string of the molecule is C=CCNc1nc(C(=O)OCc2ccccc2C(F)(F)F)cs1. The Morgan fingerprint density at radius 1 is 1.39 bits per heavy atom. The second-order valence-electron chi connectivity index (χ2n) is 4.44. The Labute approximate surface area is 134 Å². The number of ether oxygens (including phenoxy) is 1. The van der Waals surface area contributed by atoms with Crippen LogP contribution in [0.4, 0.5) is 18.3 Å². The molecule has 8 heteroatoms. The number of halogens is 3. The Hall–Kier alpha value is -2.35. The van der Waals surface area contributed by atoms with Gasteiger partial charge in [-0.25, -0.2) is 9.78 Å². The van der Waals surface area contributed by atoms with E-state index in [1.807, 2.05) is 0 Å². The molecule has 0 spiro atoms. The van der Waals surface area contributed by atoms with Crippen molar-refractivity contribution in [2.24, 2.45) is 0 Å². The third-order valence-corrected chi connectivity index (χ3v) is 3.59. The van der Waals surface area contributed by atoms with Gasteiger partial charge in [0.2, 0.25) is 0 Å². The summed E-state index contributed by atoms with van der Waals surface area (Å²) >= 11 is 1.20. The number of carbonyl (C=O) groups excluding carboxylic acids is 1. The van der Waals surface area contributed by atoms with Crippen LogP contribution in [-0.4, -0.2) is 17.5 Å². The Morgan fingerprint density at radius 3 is 2.83 bits per heavy atom. The molecule has 0 unspecified atom stereocenters. The zero-order valence-corrected chi connectivity index (χ0v) is 12.7. The largest absolute Gasteiger partial charge is 0.456 e. The molecule has 0 bridgehead atoms. The number of esters is 1. The van der Waals surface area contributed by atoms with E-state index in [1.54, 1.807) is 6.08 Å². The van der Waals surface area contributed by atoms with Gasteiger partial charge in [-0.3, -0.25) is 0 Å². The van der Waals surface area contributed by atoms with Crippen LogP contribution in [0.3, 0.4) is 0 Å². The van der Waals surface area contributed by atoms with Crippen LogP contribution in [-0.2, 0) is 17.5 Å². The molecule has 1 N–H and O–H groups in total. The second kappa shape index (κ2) is 7.28. The minimum atomic E-state index is -4.49. The Bertz CT molecular complexity index is 698. The Morgan fingerprint density at radius 2 is 2.13 bits per heavy atom. The molecule has 0 fully saturated rings. The van der Waals surface area contributed by atoms with E-state index in [-0.39, 0.29) is 11.3 Å². The van der Waals surface area contributed by atoms with Gasteiger partial charge < -0.3 is 10.1 Å². The lowest BCUT2D eigenvalue weighted by molar-refractivity contribution is -0.138. The molecule has 0 atom stereocenters. The fourth-order valence-corrected chi connectivity index (χ4v) is 2.44. The third-order valence-electron chi connectivity index (χ3n) is 2.79. The zero-order chi connectivity index (χ0) is 16.9. The highest BCUT2D eigenvalue weighted by atomic mass is 32.1. The van der Waals surface area contributed by atoms with Crippen molar-refractivity contribution in [3.05, 3.63) is 59.1 Å². The summed E-state index contributed by atoms with van der Waals surface area (Å²) in [5.41, 5.74) is -0.876. The van der Waals surface area contributed by atoms with E-state index in [9.17, 15) is 18.0 Å². The van der Waals surface area contributed by atoms with Crippen LogP contribution in [0.1, 0.15) is 21.6 Å². The van der Waals surface area contributed by atoms with Gasteiger partial charge >= 0.3 is 12.1 Å². The Balaban J connectivity index is 2.02. The molecule has 2 aromatic rings. The molecule has 122 valence electrons. The number of hydrogen-bond acceptors (Lipinski definition) is 5. The van der Waals surface area contributed by atoms with Crippen molar-refractivity contribution in [2.45, 2.75) is 12.8 Å². The molecule has 23 heavy (non-hydrogen) atoms. The van der Waals surface area contributed by atoms with Gasteiger partial charge in [-0.15, -0.1) is 17.9 Å².